The van der Waals surface area contributed by atoms with Crippen LogP contribution in [-0.2, 0) is 15.3 Å². The summed E-state index contributed by atoms with van der Waals surface area (Å²) in [5.41, 5.74) is 0.802. The van der Waals surface area contributed by atoms with Gasteiger partial charge in [0, 0.05) is 0 Å². The lowest BCUT2D eigenvalue weighted by molar-refractivity contribution is -0.129. The third kappa shape index (κ3) is 4.86. The Hall–Kier alpha value is -1.04. The van der Waals surface area contributed by atoms with Crippen molar-refractivity contribution in [2.45, 2.75) is 43.7 Å². The summed E-state index contributed by atoms with van der Waals surface area (Å²) in [5.74, 6) is -0.911. The second-order valence-corrected chi connectivity index (χ2v) is 7.57. The molecule has 0 radical (unpaired) electrons. The van der Waals surface area contributed by atoms with Gasteiger partial charge in [-0.15, -0.1) is 0 Å². The highest BCUT2D eigenvalue weighted by atomic mass is 32.2. The molecule has 0 heterocycles. The van der Waals surface area contributed by atoms with Gasteiger partial charge < -0.3 is 0 Å². The molecule has 0 bridgehead atoms. The van der Waals surface area contributed by atoms with Gasteiger partial charge in [-0.25, -0.2) is 8.42 Å². The number of rotatable bonds is 3. The lowest BCUT2D eigenvalue weighted by atomic mass is 9.87. The maximum absolute atomic E-state index is 12.1. The lowest BCUT2D eigenvalue weighted by Crippen LogP contribution is -2.17. The van der Waals surface area contributed by atoms with E-state index in [9.17, 15) is 21.6 Å². The van der Waals surface area contributed by atoms with Crippen molar-refractivity contribution in [3.63, 3.8) is 0 Å². The third-order valence-corrected chi connectivity index (χ3v) is 4.47. The van der Waals surface area contributed by atoms with Crippen LogP contribution in [0.2, 0.25) is 0 Å². The Balaban J connectivity index is 2.92. The smallest absolute Gasteiger partial charge is 0.224 e. The third-order valence-electron chi connectivity index (χ3n) is 2.73. The van der Waals surface area contributed by atoms with E-state index < -0.39 is 28.2 Å². The van der Waals surface area contributed by atoms with E-state index in [4.69, 9.17) is 0 Å². The number of hydrogen-bond donors (Lipinski definition) is 0. The summed E-state index contributed by atoms with van der Waals surface area (Å²) in [6.07, 6.45) is -5.78. The Labute approximate surface area is 111 Å². The molecule has 1 aromatic carbocycles. The van der Waals surface area contributed by atoms with Crippen LogP contribution in [-0.4, -0.2) is 20.3 Å². The summed E-state index contributed by atoms with van der Waals surface area (Å²) >= 11 is 0. The fraction of sp³-hybridized carbons (Fsp3) is 0.538. The molecule has 0 saturated carbocycles. The van der Waals surface area contributed by atoms with Gasteiger partial charge in [0.15, 0.2) is 9.84 Å². The first-order chi connectivity index (χ1) is 8.42. The van der Waals surface area contributed by atoms with Crippen LogP contribution in [0.15, 0.2) is 29.2 Å². The minimum Gasteiger partial charge on any atom is -0.224 e. The minimum atomic E-state index is -4.46. The molecule has 0 aliphatic heterocycles. The van der Waals surface area contributed by atoms with E-state index in [1.807, 2.05) is 20.8 Å². The molecule has 0 fully saturated rings. The zero-order valence-electron chi connectivity index (χ0n) is 11.1. The number of sulfone groups is 1. The predicted molar refractivity (Wildman–Crippen MR) is 67.9 cm³/mol. The highest BCUT2D eigenvalue weighted by Gasteiger charge is 2.30. The van der Waals surface area contributed by atoms with Crippen molar-refractivity contribution in [3.05, 3.63) is 29.8 Å². The molecule has 0 amide bonds. The zero-order valence-corrected chi connectivity index (χ0v) is 11.9. The van der Waals surface area contributed by atoms with Crippen molar-refractivity contribution in [1.29, 1.82) is 0 Å². The Bertz CT molecular complexity index is 522. The van der Waals surface area contributed by atoms with Gasteiger partial charge in [0.1, 0.15) is 0 Å². The number of halogens is 3. The average Bonchev–Trinajstić information content (AvgIpc) is 2.25. The number of benzene rings is 1. The standard InChI is InChI=1S/C13H17F3O2S/c1-12(2,3)10-4-6-11(7-5-10)19(17,18)9-8-13(14,15)16/h4-7H,8-9H2,1-3H3. The van der Waals surface area contributed by atoms with Crippen LogP contribution in [0, 0.1) is 0 Å². The van der Waals surface area contributed by atoms with Crippen LogP contribution in [0.4, 0.5) is 13.2 Å². The number of hydrogen-bond acceptors (Lipinski definition) is 2. The van der Waals surface area contributed by atoms with E-state index >= 15 is 0 Å². The monoisotopic (exact) mass is 294 g/mol. The van der Waals surface area contributed by atoms with E-state index in [2.05, 4.69) is 0 Å². The van der Waals surface area contributed by atoms with Crippen molar-refractivity contribution in [1.82, 2.24) is 0 Å². The highest BCUT2D eigenvalue weighted by Crippen LogP contribution is 2.25. The fourth-order valence-electron chi connectivity index (χ4n) is 1.53. The van der Waals surface area contributed by atoms with E-state index in [1.165, 1.54) is 12.1 Å². The second kappa shape index (κ2) is 5.15. The minimum absolute atomic E-state index is 0.0650. The number of alkyl halides is 3. The van der Waals surface area contributed by atoms with Crippen LogP contribution in [0.25, 0.3) is 0 Å². The van der Waals surface area contributed by atoms with Crippen LogP contribution in [0.1, 0.15) is 32.8 Å². The van der Waals surface area contributed by atoms with E-state index in [0.717, 1.165) is 5.56 Å². The summed E-state index contributed by atoms with van der Waals surface area (Å²) in [6, 6.07) is 6.01. The molecule has 0 saturated heterocycles. The summed E-state index contributed by atoms with van der Waals surface area (Å²) in [7, 11) is -3.88. The molecule has 0 aliphatic rings. The molecule has 0 atom stereocenters. The van der Waals surface area contributed by atoms with Crippen molar-refractivity contribution in [2.75, 3.05) is 5.75 Å². The SMILES string of the molecule is CC(C)(C)c1ccc(S(=O)(=O)CCC(F)(F)F)cc1. The first-order valence-electron chi connectivity index (χ1n) is 5.82. The van der Waals surface area contributed by atoms with Gasteiger partial charge in [0.2, 0.25) is 0 Å². The Morgan fingerprint density at radius 1 is 1.00 bits per heavy atom. The van der Waals surface area contributed by atoms with E-state index in [0.29, 0.717) is 0 Å². The van der Waals surface area contributed by atoms with Crippen molar-refractivity contribution < 1.29 is 21.6 Å². The largest absolute Gasteiger partial charge is 0.390 e. The molecule has 19 heavy (non-hydrogen) atoms. The molecule has 6 heteroatoms. The van der Waals surface area contributed by atoms with Crippen molar-refractivity contribution in [2.24, 2.45) is 0 Å². The summed E-state index contributed by atoms with van der Waals surface area (Å²) in [6.45, 7) is 5.92. The second-order valence-electron chi connectivity index (χ2n) is 5.46. The molecule has 1 rings (SSSR count). The molecule has 1 aromatic rings. The molecule has 2 nitrogen and oxygen atoms in total. The normalized spacial score (nSPS) is 13.6. The zero-order chi connectivity index (χ0) is 14.9. The highest BCUT2D eigenvalue weighted by molar-refractivity contribution is 7.91. The van der Waals surface area contributed by atoms with Gasteiger partial charge in [-0.2, -0.15) is 13.2 Å². The molecule has 108 valence electrons. The van der Waals surface area contributed by atoms with Crippen LogP contribution in [0.3, 0.4) is 0 Å². The van der Waals surface area contributed by atoms with E-state index in [1.54, 1.807) is 12.1 Å². The molecule has 0 spiro atoms. The topological polar surface area (TPSA) is 34.1 Å². The fourth-order valence-corrected chi connectivity index (χ4v) is 2.82. The Morgan fingerprint density at radius 2 is 1.47 bits per heavy atom. The molecule has 0 unspecified atom stereocenters. The van der Waals surface area contributed by atoms with Gasteiger partial charge in [-0.1, -0.05) is 32.9 Å². The molecule has 0 aromatic heterocycles. The molecular formula is C13H17F3O2S. The molecule has 0 aliphatic carbocycles. The van der Waals surface area contributed by atoms with Crippen LogP contribution < -0.4 is 0 Å². The Morgan fingerprint density at radius 3 is 1.84 bits per heavy atom. The van der Waals surface area contributed by atoms with Gasteiger partial charge in [-0.3, -0.25) is 0 Å². The van der Waals surface area contributed by atoms with Crippen molar-refractivity contribution in [3.8, 4) is 0 Å². The van der Waals surface area contributed by atoms with Gasteiger partial charge >= 0.3 is 6.18 Å². The summed E-state index contributed by atoms with van der Waals surface area (Å²) in [5, 5.41) is 0. The maximum atomic E-state index is 12.1. The van der Waals surface area contributed by atoms with E-state index in [-0.39, 0.29) is 10.3 Å². The first-order valence-corrected chi connectivity index (χ1v) is 7.47. The summed E-state index contributed by atoms with van der Waals surface area (Å²) < 4.78 is 59.7. The van der Waals surface area contributed by atoms with Gasteiger partial charge in [-0.05, 0) is 23.1 Å². The van der Waals surface area contributed by atoms with Crippen LogP contribution in [0.5, 0.6) is 0 Å². The first kappa shape index (κ1) is 16.0. The molecule has 0 N–H and O–H groups in total. The molecular weight excluding hydrogens is 277 g/mol. The van der Waals surface area contributed by atoms with Crippen molar-refractivity contribution >= 4 is 9.84 Å². The average molecular weight is 294 g/mol. The Kier molecular flexibility index (Phi) is 4.34. The van der Waals surface area contributed by atoms with Crippen LogP contribution >= 0.6 is 0 Å². The lowest BCUT2D eigenvalue weighted by Gasteiger charge is -2.19. The maximum Gasteiger partial charge on any atom is 0.390 e. The quantitative estimate of drug-likeness (QED) is 0.851. The van der Waals surface area contributed by atoms with Gasteiger partial charge in [0.05, 0.1) is 17.1 Å². The predicted octanol–water partition coefficient (Wildman–Crippen LogP) is 3.71. The summed E-state index contributed by atoms with van der Waals surface area (Å²) in [4.78, 5) is -0.0650. The van der Waals surface area contributed by atoms with Gasteiger partial charge in [0.25, 0.3) is 0 Å².